The van der Waals surface area contributed by atoms with Crippen LogP contribution in [0.4, 0.5) is 16.4 Å². The molecule has 0 unspecified atom stereocenters. The number of fused-ring (bicyclic) bond motifs is 1. The number of imidazole rings is 1. The molecule has 43 heavy (non-hydrogen) atoms. The molecule has 1 aromatic carbocycles. The van der Waals surface area contributed by atoms with Crippen LogP contribution in [0.3, 0.4) is 0 Å². The average molecular weight is 592 g/mol. The summed E-state index contributed by atoms with van der Waals surface area (Å²) in [5.41, 5.74) is -1.16. The van der Waals surface area contributed by atoms with Crippen LogP contribution in [0.2, 0.25) is 0 Å². The highest BCUT2D eigenvalue weighted by Gasteiger charge is 2.29. The molecule has 3 heterocycles. The standard InChI is InChI=1S/C30H37N7O6/c1-7-8-16-36-24-25(33-27(36)35-15-11-12-20(17-35)31-28(41)43-30(3,4)5)34(6)29(42)37(26(24)40)18-23(39)32-22-14-10-9-13-21(22)19(2)38/h9-10,13-14,20H,11-12,15-18H2,1-6H3,(H,31,41)(H,32,39)/t20-/m1/s1. The first-order valence-electron chi connectivity index (χ1n) is 14.0. The van der Waals surface area contributed by atoms with Gasteiger partial charge in [-0.2, -0.15) is 4.98 Å². The van der Waals surface area contributed by atoms with E-state index >= 15 is 0 Å². The van der Waals surface area contributed by atoms with Crippen molar-refractivity contribution in [3.63, 3.8) is 0 Å². The minimum absolute atomic E-state index is 0.120. The van der Waals surface area contributed by atoms with Crippen molar-refractivity contribution in [1.29, 1.82) is 0 Å². The molecule has 2 amide bonds. The first-order valence-corrected chi connectivity index (χ1v) is 14.0. The Hall–Kier alpha value is -4.86. The number of alkyl carbamates (subject to hydrolysis) is 1. The number of hydrogen-bond donors (Lipinski definition) is 2. The second-order valence-electron chi connectivity index (χ2n) is 11.4. The van der Waals surface area contributed by atoms with Crippen LogP contribution >= 0.6 is 0 Å². The number of piperidine rings is 1. The molecule has 1 aliphatic rings. The maximum Gasteiger partial charge on any atom is 0.407 e. The molecular formula is C30H37N7O6. The first-order chi connectivity index (χ1) is 20.3. The predicted molar refractivity (Wildman–Crippen MR) is 162 cm³/mol. The Balaban J connectivity index is 1.70. The van der Waals surface area contributed by atoms with Crippen molar-refractivity contribution >= 4 is 40.6 Å². The second kappa shape index (κ2) is 12.6. The van der Waals surface area contributed by atoms with Crippen molar-refractivity contribution < 1.29 is 19.1 Å². The SMILES string of the molecule is CC#CCn1c(N2CCC[C@@H](NC(=O)OC(C)(C)C)C2)nc2c1c(=O)n(CC(=O)Nc1ccccc1C(C)=O)c(=O)n2C. The largest absolute Gasteiger partial charge is 0.444 e. The van der Waals surface area contributed by atoms with E-state index < -0.39 is 35.4 Å². The van der Waals surface area contributed by atoms with Crippen LogP contribution < -0.4 is 26.8 Å². The Morgan fingerprint density at radius 2 is 1.86 bits per heavy atom. The van der Waals surface area contributed by atoms with Gasteiger partial charge >= 0.3 is 11.8 Å². The number of benzene rings is 1. The van der Waals surface area contributed by atoms with Crippen LogP contribution in [0.25, 0.3) is 11.2 Å². The molecule has 13 nitrogen and oxygen atoms in total. The Bertz CT molecular complexity index is 1750. The van der Waals surface area contributed by atoms with E-state index in [0.717, 1.165) is 17.4 Å². The zero-order valence-electron chi connectivity index (χ0n) is 25.3. The van der Waals surface area contributed by atoms with Gasteiger partial charge in [0, 0.05) is 31.7 Å². The first kappa shape index (κ1) is 31.1. The van der Waals surface area contributed by atoms with Gasteiger partial charge in [-0.05, 0) is 59.6 Å². The fourth-order valence-corrected chi connectivity index (χ4v) is 5.03. The minimum Gasteiger partial charge on any atom is -0.444 e. The topological polar surface area (TPSA) is 150 Å². The lowest BCUT2D eigenvalue weighted by molar-refractivity contribution is -0.116. The summed E-state index contributed by atoms with van der Waals surface area (Å²) in [6.07, 6.45) is 0.964. The quantitative estimate of drug-likeness (QED) is 0.314. The molecule has 2 aromatic heterocycles. The number of nitrogens with one attached hydrogen (secondary N) is 2. The number of nitrogens with zero attached hydrogens (tertiary/aromatic N) is 5. The van der Waals surface area contributed by atoms with E-state index in [-0.39, 0.29) is 35.2 Å². The smallest absolute Gasteiger partial charge is 0.407 e. The molecule has 0 aliphatic carbocycles. The third-order valence-electron chi connectivity index (χ3n) is 6.93. The number of carbonyl (C=O) groups excluding carboxylic acids is 3. The molecule has 1 saturated heterocycles. The zero-order valence-corrected chi connectivity index (χ0v) is 25.3. The lowest BCUT2D eigenvalue weighted by Gasteiger charge is -2.34. The van der Waals surface area contributed by atoms with Gasteiger partial charge in [-0.1, -0.05) is 18.1 Å². The Morgan fingerprint density at radius 1 is 1.14 bits per heavy atom. The van der Waals surface area contributed by atoms with Gasteiger partial charge in [-0.3, -0.25) is 23.5 Å². The number of hydrogen-bond acceptors (Lipinski definition) is 8. The molecule has 3 aromatic rings. The maximum atomic E-state index is 13.8. The van der Waals surface area contributed by atoms with Gasteiger partial charge in [0.2, 0.25) is 11.9 Å². The predicted octanol–water partition coefficient (Wildman–Crippen LogP) is 2.25. The molecule has 1 atom stereocenters. The van der Waals surface area contributed by atoms with Gasteiger partial charge in [-0.15, -0.1) is 5.92 Å². The van der Waals surface area contributed by atoms with Gasteiger partial charge in [0.25, 0.3) is 5.56 Å². The van der Waals surface area contributed by atoms with Crippen molar-refractivity contribution in [2.75, 3.05) is 23.3 Å². The van der Waals surface area contributed by atoms with E-state index in [1.807, 2.05) is 4.90 Å². The van der Waals surface area contributed by atoms with Gasteiger partial charge in [0.15, 0.2) is 16.9 Å². The molecule has 0 bridgehead atoms. The summed E-state index contributed by atoms with van der Waals surface area (Å²) in [5, 5.41) is 5.55. The number of aromatic nitrogens is 4. The fraction of sp³-hybridized carbons (Fsp3) is 0.467. The molecule has 0 saturated carbocycles. The van der Waals surface area contributed by atoms with Crippen LogP contribution in [0.5, 0.6) is 0 Å². The summed E-state index contributed by atoms with van der Waals surface area (Å²) in [6.45, 7) is 9.01. The number of Topliss-reactive ketones (excluding diaryl/α,β-unsaturated/α-hetero) is 1. The summed E-state index contributed by atoms with van der Waals surface area (Å²) in [5.74, 6) is 5.36. The van der Waals surface area contributed by atoms with E-state index in [1.54, 1.807) is 56.5 Å². The molecule has 0 spiro atoms. The number of para-hydroxylation sites is 1. The van der Waals surface area contributed by atoms with E-state index in [4.69, 9.17) is 9.72 Å². The highest BCUT2D eigenvalue weighted by atomic mass is 16.6. The summed E-state index contributed by atoms with van der Waals surface area (Å²) < 4.78 is 9.13. The summed E-state index contributed by atoms with van der Waals surface area (Å²) >= 11 is 0. The Morgan fingerprint density at radius 3 is 2.53 bits per heavy atom. The average Bonchev–Trinajstić information content (AvgIpc) is 3.32. The number of rotatable bonds is 7. The van der Waals surface area contributed by atoms with Crippen molar-refractivity contribution in [2.45, 2.75) is 72.2 Å². The Kier molecular flexibility index (Phi) is 9.08. The lowest BCUT2D eigenvalue weighted by atomic mass is 10.1. The number of anilines is 2. The molecule has 0 radical (unpaired) electrons. The second-order valence-corrected chi connectivity index (χ2v) is 11.4. The van der Waals surface area contributed by atoms with E-state index in [9.17, 15) is 24.0 Å². The third-order valence-corrected chi connectivity index (χ3v) is 6.93. The van der Waals surface area contributed by atoms with Gasteiger partial charge in [-0.25, -0.2) is 14.2 Å². The highest BCUT2D eigenvalue weighted by Crippen LogP contribution is 2.24. The molecule has 228 valence electrons. The zero-order chi connectivity index (χ0) is 31.5. The van der Waals surface area contributed by atoms with Gasteiger partial charge in [0.1, 0.15) is 12.1 Å². The number of carbonyl (C=O) groups is 3. The summed E-state index contributed by atoms with van der Waals surface area (Å²) in [4.78, 5) is 71.1. The molecule has 13 heteroatoms. The summed E-state index contributed by atoms with van der Waals surface area (Å²) in [7, 11) is 1.49. The highest BCUT2D eigenvalue weighted by molar-refractivity contribution is 6.03. The van der Waals surface area contributed by atoms with Crippen molar-refractivity contribution in [3.8, 4) is 11.8 Å². The number of amides is 2. The van der Waals surface area contributed by atoms with E-state index in [1.165, 1.54) is 18.5 Å². The van der Waals surface area contributed by atoms with Crippen molar-refractivity contribution in [1.82, 2.24) is 24.0 Å². The Labute approximate surface area is 248 Å². The van der Waals surface area contributed by atoms with Crippen LogP contribution in [0, 0.1) is 11.8 Å². The van der Waals surface area contributed by atoms with Gasteiger partial charge in [0.05, 0.1) is 12.2 Å². The molecule has 1 fully saturated rings. The maximum absolute atomic E-state index is 13.8. The monoisotopic (exact) mass is 591 g/mol. The molecule has 4 rings (SSSR count). The normalized spacial score (nSPS) is 15.0. The van der Waals surface area contributed by atoms with Gasteiger partial charge < -0.3 is 20.3 Å². The third kappa shape index (κ3) is 6.97. The van der Waals surface area contributed by atoms with Crippen LogP contribution in [-0.2, 0) is 29.7 Å². The van der Waals surface area contributed by atoms with E-state index in [2.05, 4.69) is 22.5 Å². The van der Waals surface area contributed by atoms with Crippen molar-refractivity contribution in [2.24, 2.45) is 7.05 Å². The molecular weight excluding hydrogens is 554 g/mol. The van der Waals surface area contributed by atoms with Crippen LogP contribution in [0.1, 0.15) is 57.8 Å². The lowest BCUT2D eigenvalue weighted by Crippen LogP contribution is -2.49. The number of ketones is 1. The van der Waals surface area contributed by atoms with Crippen LogP contribution in [0.15, 0.2) is 33.9 Å². The minimum atomic E-state index is -0.714. The molecule has 2 N–H and O–H groups in total. The number of ether oxygens (including phenoxy) is 1. The van der Waals surface area contributed by atoms with Crippen LogP contribution in [-0.4, -0.2) is 61.2 Å². The summed E-state index contributed by atoms with van der Waals surface area (Å²) in [6, 6.07) is 6.28. The van der Waals surface area contributed by atoms with E-state index in [0.29, 0.717) is 24.6 Å². The number of aryl methyl sites for hydroxylation is 1. The fourth-order valence-electron chi connectivity index (χ4n) is 5.03. The van der Waals surface area contributed by atoms with Crippen molar-refractivity contribution in [3.05, 3.63) is 50.7 Å². The molecule has 1 aliphatic heterocycles.